The molecule has 7 heteroatoms. The highest BCUT2D eigenvalue weighted by Crippen LogP contribution is 2.27. The Balaban J connectivity index is 2.36. The number of para-hydroxylation sites is 1. The third-order valence-electron chi connectivity index (χ3n) is 2.40. The van der Waals surface area contributed by atoms with Crippen LogP contribution in [-0.4, -0.2) is 18.5 Å². The smallest absolute Gasteiger partial charge is 0.267 e. The molecule has 0 aliphatic rings. The number of nitrogens with zero attached hydrogens (tertiary/aromatic N) is 1. The van der Waals surface area contributed by atoms with E-state index in [9.17, 15) is 13.5 Å². The fourth-order valence-corrected chi connectivity index (χ4v) is 3.52. The molecule has 2 aromatic rings. The van der Waals surface area contributed by atoms with Crippen LogP contribution in [0, 0.1) is 13.8 Å². The zero-order valence-corrected chi connectivity index (χ0v) is 11.5. The number of hydrogen-bond acceptors (Lipinski definition) is 5. The van der Waals surface area contributed by atoms with E-state index in [0.717, 1.165) is 10.6 Å². The van der Waals surface area contributed by atoms with E-state index in [1.807, 2.05) is 13.8 Å². The van der Waals surface area contributed by atoms with Gasteiger partial charge in [0.25, 0.3) is 10.0 Å². The van der Waals surface area contributed by atoms with E-state index < -0.39 is 10.0 Å². The number of thiazole rings is 1. The summed E-state index contributed by atoms with van der Waals surface area (Å²) in [5, 5.41) is 9.85. The van der Waals surface area contributed by atoms with E-state index in [2.05, 4.69) is 9.71 Å². The zero-order chi connectivity index (χ0) is 13.3. The van der Waals surface area contributed by atoms with Gasteiger partial charge in [-0.15, -0.1) is 11.3 Å². The lowest BCUT2D eigenvalue weighted by Gasteiger charge is -2.06. The average molecular weight is 284 g/mol. The topological polar surface area (TPSA) is 79.3 Å². The molecule has 0 bridgehead atoms. The molecule has 18 heavy (non-hydrogen) atoms. The van der Waals surface area contributed by atoms with Gasteiger partial charge in [0.1, 0.15) is 10.6 Å². The minimum Gasteiger partial charge on any atom is -0.507 e. The molecule has 0 amide bonds. The molecule has 0 aliphatic heterocycles. The monoisotopic (exact) mass is 284 g/mol. The van der Waals surface area contributed by atoms with Crippen LogP contribution in [0.15, 0.2) is 29.2 Å². The van der Waals surface area contributed by atoms with Gasteiger partial charge in [-0.3, -0.25) is 4.72 Å². The highest BCUT2D eigenvalue weighted by Gasteiger charge is 2.19. The molecule has 96 valence electrons. The molecule has 0 radical (unpaired) electrons. The quantitative estimate of drug-likeness (QED) is 0.906. The Kier molecular flexibility index (Phi) is 3.27. The summed E-state index contributed by atoms with van der Waals surface area (Å²) in [6.07, 6.45) is 0. The molecule has 0 spiro atoms. The van der Waals surface area contributed by atoms with Gasteiger partial charge in [0, 0.05) is 4.88 Å². The summed E-state index contributed by atoms with van der Waals surface area (Å²) in [6.45, 7) is 3.68. The van der Waals surface area contributed by atoms with Crippen LogP contribution >= 0.6 is 11.3 Å². The number of phenolic OH excluding ortho intramolecular Hbond substituents is 1. The van der Waals surface area contributed by atoms with E-state index in [0.29, 0.717) is 5.13 Å². The summed E-state index contributed by atoms with van der Waals surface area (Å²) in [5.74, 6) is -0.282. The van der Waals surface area contributed by atoms with Crippen molar-refractivity contribution in [3.8, 4) is 5.75 Å². The van der Waals surface area contributed by atoms with Crippen molar-refractivity contribution in [2.75, 3.05) is 4.72 Å². The lowest BCUT2D eigenvalue weighted by Crippen LogP contribution is -2.12. The molecule has 0 fully saturated rings. The third-order valence-corrected chi connectivity index (χ3v) is 4.91. The highest BCUT2D eigenvalue weighted by molar-refractivity contribution is 7.93. The summed E-state index contributed by atoms with van der Waals surface area (Å²) in [7, 11) is -3.80. The largest absolute Gasteiger partial charge is 0.507 e. The fraction of sp³-hybridized carbons (Fsp3) is 0.182. The minimum atomic E-state index is -3.80. The zero-order valence-electron chi connectivity index (χ0n) is 9.84. The molecule has 1 aromatic heterocycles. The van der Waals surface area contributed by atoms with Crippen LogP contribution in [0.3, 0.4) is 0 Å². The Hall–Kier alpha value is -1.60. The molecule has 1 aromatic carbocycles. The average Bonchev–Trinajstić information content (AvgIpc) is 2.57. The molecular weight excluding hydrogens is 272 g/mol. The number of aryl methyl sites for hydroxylation is 2. The first-order chi connectivity index (χ1) is 8.40. The Bertz CT molecular complexity index is 658. The summed E-state index contributed by atoms with van der Waals surface area (Å²) < 4.78 is 26.4. The van der Waals surface area contributed by atoms with Crippen molar-refractivity contribution in [2.24, 2.45) is 0 Å². The maximum atomic E-state index is 12.0. The maximum absolute atomic E-state index is 12.0. The molecule has 5 nitrogen and oxygen atoms in total. The van der Waals surface area contributed by atoms with Crippen LogP contribution in [-0.2, 0) is 10.0 Å². The summed E-state index contributed by atoms with van der Waals surface area (Å²) in [6, 6.07) is 5.77. The van der Waals surface area contributed by atoms with Crippen LogP contribution in [0.4, 0.5) is 5.13 Å². The standard InChI is InChI=1S/C11H12N2O3S2/c1-7-8(2)17-11(12-7)13-18(15,16)10-6-4-3-5-9(10)14/h3-6,14H,1-2H3,(H,12,13). The fourth-order valence-electron chi connectivity index (χ4n) is 1.37. The molecule has 0 unspecified atom stereocenters. The van der Waals surface area contributed by atoms with E-state index >= 15 is 0 Å². The van der Waals surface area contributed by atoms with Gasteiger partial charge in [-0.05, 0) is 26.0 Å². The van der Waals surface area contributed by atoms with E-state index in [1.165, 1.54) is 23.5 Å². The van der Waals surface area contributed by atoms with Crippen molar-refractivity contribution < 1.29 is 13.5 Å². The summed E-state index contributed by atoms with van der Waals surface area (Å²) in [5.41, 5.74) is 0.787. The SMILES string of the molecule is Cc1nc(NS(=O)(=O)c2ccccc2O)sc1C. The Morgan fingerprint density at radius 1 is 1.28 bits per heavy atom. The normalized spacial score (nSPS) is 11.4. The summed E-state index contributed by atoms with van der Waals surface area (Å²) in [4.78, 5) is 4.89. The number of benzene rings is 1. The molecule has 0 atom stereocenters. The number of nitrogens with one attached hydrogen (secondary N) is 1. The number of aromatic hydroxyl groups is 1. The molecular formula is C11H12N2O3S2. The first-order valence-corrected chi connectivity index (χ1v) is 7.45. The number of rotatable bonds is 3. The van der Waals surface area contributed by atoms with Crippen molar-refractivity contribution in [3.05, 3.63) is 34.8 Å². The van der Waals surface area contributed by atoms with Gasteiger partial charge in [-0.25, -0.2) is 13.4 Å². The number of sulfonamides is 1. The van der Waals surface area contributed by atoms with Gasteiger partial charge in [0.2, 0.25) is 0 Å². The molecule has 2 rings (SSSR count). The second kappa shape index (κ2) is 4.58. The van der Waals surface area contributed by atoms with Gasteiger partial charge in [0.15, 0.2) is 5.13 Å². The number of hydrogen-bond donors (Lipinski definition) is 2. The predicted molar refractivity (Wildman–Crippen MR) is 70.5 cm³/mol. The van der Waals surface area contributed by atoms with Crippen molar-refractivity contribution in [1.82, 2.24) is 4.98 Å². The van der Waals surface area contributed by atoms with Gasteiger partial charge in [-0.2, -0.15) is 0 Å². The van der Waals surface area contributed by atoms with Crippen molar-refractivity contribution in [1.29, 1.82) is 0 Å². The third kappa shape index (κ3) is 2.46. The van der Waals surface area contributed by atoms with Crippen molar-refractivity contribution in [3.63, 3.8) is 0 Å². The minimum absolute atomic E-state index is 0.157. The van der Waals surface area contributed by atoms with Crippen LogP contribution in [0.5, 0.6) is 5.75 Å². The van der Waals surface area contributed by atoms with Gasteiger partial charge < -0.3 is 5.11 Å². The number of aromatic nitrogens is 1. The van der Waals surface area contributed by atoms with Crippen molar-refractivity contribution in [2.45, 2.75) is 18.7 Å². The lowest BCUT2D eigenvalue weighted by molar-refractivity contribution is 0.459. The lowest BCUT2D eigenvalue weighted by atomic mass is 10.3. The Morgan fingerprint density at radius 2 is 1.94 bits per heavy atom. The van der Waals surface area contributed by atoms with Crippen molar-refractivity contribution >= 4 is 26.5 Å². The van der Waals surface area contributed by atoms with Gasteiger partial charge in [-0.1, -0.05) is 12.1 Å². The van der Waals surface area contributed by atoms with Crippen LogP contribution in [0.1, 0.15) is 10.6 Å². The van der Waals surface area contributed by atoms with Crippen LogP contribution in [0.25, 0.3) is 0 Å². The second-order valence-electron chi connectivity index (χ2n) is 3.73. The number of phenols is 1. The molecule has 1 heterocycles. The second-order valence-corrected chi connectivity index (χ2v) is 6.59. The van der Waals surface area contributed by atoms with Crippen LogP contribution in [0.2, 0.25) is 0 Å². The molecule has 2 N–H and O–H groups in total. The Morgan fingerprint density at radius 3 is 2.50 bits per heavy atom. The predicted octanol–water partition coefficient (Wildman–Crippen LogP) is 2.27. The summed E-state index contributed by atoms with van der Waals surface area (Å²) >= 11 is 1.26. The van der Waals surface area contributed by atoms with E-state index in [4.69, 9.17) is 0 Å². The first kappa shape index (κ1) is 12.8. The maximum Gasteiger partial charge on any atom is 0.267 e. The van der Waals surface area contributed by atoms with Gasteiger partial charge in [0.05, 0.1) is 5.69 Å². The van der Waals surface area contributed by atoms with Crippen LogP contribution < -0.4 is 4.72 Å². The first-order valence-electron chi connectivity index (χ1n) is 5.15. The highest BCUT2D eigenvalue weighted by atomic mass is 32.2. The van der Waals surface area contributed by atoms with E-state index in [1.54, 1.807) is 12.1 Å². The molecule has 0 aliphatic carbocycles. The number of anilines is 1. The van der Waals surface area contributed by atoms with E-state index in [-0.39, 0.29) is 10.6 Å². The molecule has 0 saturated carbocycles. The van der Waals surface area contributed by atoms with Gasteiger partial charge >= 0.3 is 0 Å². The molecule has 0 saturated heterocycles. The Labute approximate surface area is 109 Å².